The van der Waals surface area contributed by atoms with Crippen molar-refractivity contribution in [3.8, 4) is 11.3 Å². The molecule has 1 fully saturated rings. The molecular weight excluding hydrogens is 544 g/mol. The van der Waals surface area contributed by atoms with E-state index in [9.17, 15) is 23.2 Å². The van der Waals surface area contributed by atoms with Crippen molar-refractivity contribution in [2.24, 2.45) is 0 Å². The Balaban J connectivity index is 1.35. The first-order valence-electron chi connectivity index (χ1n) is 14.0. The number of ether oxygens (including phenoxy) is 1. The summed E-state index contributed by atoms with van der Waals surface area (Å²) in [5.74, 6) is -2.99. The molecule has 1 aliphatic rings. The minimum absolute atomic E-state index is 0.0463. The first-order chi connectivity index (χ1) is 20.4. The van der Waals surface area contributed by atoms with Crippen LogP contribution in [0.1, 0.15) is 60.9 Å². The number of hydrogen-bond acceptors (Lipinski definition) is 6. The number of nitrogens with one attached hydrogen (secondary N) is 2. The van der Waals surface area contributed by atoms with Gasteiger partial charge in [0.05, 0.1) is 29.3 Å². The highest BCUT2D eigenvalue weighted by molar-refractivity contribution is 6.08. The number of carbonyl (C=O) groups excluding carboxylic acids is 3. The topological polar surface area (TPSA) is 111 Å². The van der Waals surface area contributed by atoms with Gasteiger partial charge < -0.3 is 19.8 Å². The number of aromatic nitrogens is 1. The fourth-order valence-corrected chi connectivity index (χ4v) is 5.10. The third-order valence-electron chi connectivity index (χ3n) is 7.35. The normalized spacial score (nSPS) is 14.3. The molecule has 2 N–H and O–H groups in total. The number of furan rings is 1. The molecule has 1 aliphatic carbocycles. The number of halogens is 2. The van der Waals surface area contributed by atoms with Crippen LogP contribution in [0.25, 0.3) is 22.2 Å². The molecule has 2 aromatic carbocycles. The zero-order valence-electron chi connectivity index (χ0n) is 22.9. The Hall–Kier alpha value is -4.60. The number of carbonyl (C=O) groups is 3. The van der Waals surface area contributed by atoms with E-state index in [0.29, 0.717) is 22.2 Å². The van der Waals surface area contributed by atoms with Crippen molar-refractivity contribution in [2.75, 3.05) is 0 Å². The van der Waals surface area contributed by atoms with Crippen LogP contribution in [-0.4, -0.2) is 34.9 Å². The molecule has 0 saturated heterocycles. The molecular formula is C32H31F2N3O5. The van der Waals surface area contributed by atoms with Crippen molar-refractivity contribution < 1.29 is 32.3 Å². The molecule has 2 heterocycles. The van der Waals surface area contributed by atoms with Crippen molar-refractivity contribution >= 4 is 28.7 Å². The largest absolute Gasteiger partial charge is 0.472 e. The van der Waals surface area contributed by atoms with Gasteiger partial charge in [0, 0.05) is 29.5 Å². The highest BCUT2D eigenvalue weighted by atomic mass is 19.1. The minimum atomic E-state index is -1.16. The lowest BCUT2D eigenvalue weighted by molar-refractivity contribution is -0.150. The van der Waals surface area contributed by atoms with Crippen LogP contribution in [0.2, 0.25) is 0 Å². The van der Waals surface area contributed by atoms with Gasteiger partial charge in [-0.3, -0.25) is 14.4 Å². The lowest BCUT2D eigenvalue weighted by atomic mass is 9.98. The fraction of sp³-hybridized carbons (Fsp3) is 0.312. The monoisotopic (exact) mass is 575 g/mol. The Morgan fingerprint density at radius 3 is 2.62 bits per heavy atom. The van der Waals surface area contributed by atoms with Crippen LogP contribution in [0, 0.1) is 11.6 Å². The van der Waals surface area contributed by atoms with E-state index in [-0.39, 0.29) is 36.6 Å². The third-order valence-corrected chi connectivity index (χ3v) is 7.35. The van der Waals surface area contributed by atoms with E-state index >= 15 is 0 Å². The number of pyridine rings is 1. The quantitative estimate of drug-likeness (QED) is 0.230. The number of para-hydroxylation sites is 1. The van der Waals surface area contributed by atoms with Crippen LogP contribution in [0.3, 0.4) is 0 Å². The van der Waals surface area contributed by atoms with Gasteiger partial charge in [-0.05, 0) is 68.5 Å². The molecule has 0 radical (unpaired) electrons. The summed E-state index contributed by atoms with van der Waals surface area (Å²) in [6, 6.07) is 12.2. The zero-order valence-corrected chi connectivity index (χ0v) is 22.9. The molecule has 0 bridgehead atoms. The van der Waals surface area contributed by atoms with Gasteiger partial charge in [-0.1, -0.05) is 24.6 Å². The van der Waals surface area contributed by atoms with Crippen LogP contribution < -0.4 is 10.6 Å². The summed E-state index contributed by atoms with van der Waals surface area (Å²) in [5, 5.41) is 5.87. The SMILES string of the molecule is O=C(CCC(NC(=O)c1cc(-c2ccoc2)nc2ccccc12)C(=O)NCc1cc(F)ccc1F)OC1CCCCC1. The predicted molar refractivity (Wildman–Crippen MR) is 151 cm³/mol. The molecule has 5 rings (SSSR count). The fourth-order valence-electron chi connectivity index (χ4n) is 5.10. The number of hydrogen-bond donors (Lipinski definition) is 2. The second-order valence-corrected chi connectivity index (χ2v) is 10.4. The lowest BCUT2D eigenvalue weighted by Crippen LogP contribution is -2.47. The van der Waals surface area contributed by atoms with Gasteiger partial charge in [0.2, 0.25) is 5.91 Å². The first-order valence-corrected chi connectivity index (χ1v) is 14.0. The summed E-state index contributed by atoms with van der Waals surface area (Å²) in [6.07, 6.45) is 7.42. The molecule has 10 heteroatoms. The molecule has 1 unspecified atom stereocenters. The average Bonchev–Trinajstić information content (AvgIpc) is 3.55. The van der Waals surface area contributed by atoms with Gasteiger partial charge in [0.25, 0.3) is 5.91 Å². The van der Waals surface area contributed by atoms with Crippen molar-refractivity contribution in [1.29, 1.82) is 0 Å². The predicted octanol–water partition coefficient (Wildman–Crippen LogP) is 5.84. The molecule has 0 aliphatic heterocycles. The second-order valence-electron chi connectivity index (χ2n) is 10.4. The third kappa shape index (κ3) is 7.18. The minimum Gasteiger partial charge on any atom is -0.472 e. The Morgan fingerprint density at radius 2 is 1.83 bits per heavy atom. The Labute approximate surface area is 241 Å². The number of benzene rings is 2. The maximum absolute atomic E-state index is 14.2. The molecule has 2 amide bonds. The van der Waals surface area contributed by atoms with Gasteiger partial charge in [0.1, 0.15) is 23.8 Å². The number of nitrogens with zero attached hydrogens (tertiary/aromatic N) is 1. The van der Waals surface area contributed by atoms with Crippen LogP contribution in [0.15, 0.2) is 71.5 Å². The standard InChI is InChI=1S/C32H31F2N3O5/c33-22-10-11-26(34)21(16-22)18-35-32(40)28(12-13-30(38)42-23-6-2-1-3-7-23)37-31(39)25-17-29(20-14-15-41-19-20)36-27-9-5-4-8-24(25)27/h4-5,8-11,14-17,19,23,28H,1-3,6-7,12-13,18H2,(H,35,40)(H,37,39). The Kier molecular flexibility index (Phi) is 9.21. The first kappa shape index (κ1) is 28.9. The van der Waals surface area contributed by atoms with Gasteiger partial charge in [-0.15, -0.1) is 0 Å². The van der Waals surface area contributed by atoms with Crippen molar-refractivity contribution in [1.82, 2.24) is 15.6 Å². The van der Waals surface area contributed by atoms with Crippen LogP contribution in [0.4, 0.5) is 8.78 Å². The smallest absolute Gasteiger partial charge is 0.306 e. The van der Waals surface area contributed by atoms with Crippen LogP contribution in [0.5, 0.6) is 0 Å². The van der Waals surface area contributed by atoms with Crippen molar-refractivity contribution in [3.05, 3.63) is 89.9 Å². The summed E-state index contributed by atoms with van der Waals surface area (Å²) in [5.41, 5.74) is 1.98. The van der Waals surface area contributed by atoms with Crippen molar-refractivity contribution in [3.63, 3.8) is 0 Å². The summed E-state index contributed by atoms with van der Waals surface area (Å²) in [6.45, 7) is -0.301. The Morgan fingerprint density at radius 1 is 1.02 bits per heavy atom. The summed E-state index contributed by atoms with van der Waals surface area (Å²) < 4.78 is 38.6. The molecule has 4 aromatic rings. The van der Waals surface area contributed by atoms with Crippen LogP contribution in [-0.2, 0) is 20.9 Å². The number of fused-ring (bicyclic) bond motifs is 1. The Bertz CT molecular complexity index is 1570. The number of esters is 1. The molecule has 1 atom stereocenters. The molecule has 2 aromatic heterocycles. The highest BCUT2D eigenvalue weighted by Gasteiger charge is 2.26. The van der Waals surface area contributed by atoms with Crippen molar-refractivity contribution in [2.45, 2.75) is 63.6 Å². The summed E-state index contributed by atoms with van der Waals surface area (Å²) in [4.78, 5) is 44.2. The zero-order chi connectivity index (χ0) is 29.5. The van der Waals surface area contributed by atoms with E-state index in [0.717, 1.165) is 50.3 Å². The van der Waals surface area contributed by atoms with E-state index in [4.69, 9.17) is 9.15 Å². The highest BCUT2D eigenvalue weighted by Crippen LogP contribution is 2.26. The van der Waals surface area contributed by atoms with Gasteiger partial charge in [0.15, 0.2) is 0 Å². The number of rotatable bonds is 10. The van der Waals surface area contributed by atoms with E-state index in [1.54, 1.807) is 36.4 Å². The van der Waals surface area contributed by atoms with Gasteiger partial charge in [-0.25, -0.2) is 13.8 Å². The van der Waals surface area contributed by atoms with Gasteiger partial charge >= 0.3 is 5.97 Å². The van der Waals surface area contributed by atoms with E-state index in [1.807, 2.05) is 0 Å². The molecule has 42 heavy (non-hydrogen) atoms. The second kappa shape index (κ2) is 13.4. The molecule has 0 spiro atoms. The van der Waals surface area contributed by atoms with Gasteiger partial charge in [-0.2, -0.15) is 0 Å². The maximum Gasteiger partial charge on any atom is 0.306 e. The van der Waals surface area contributed by atoms with E-state index in [1.165, 1.54) is 12.5 Å². The molecule has 1 saturated carbocycles. The van der Waals surface area contributed by atoms with E-state index in [2.05, 4.69) is 15.6 Å². The van der Waals surface area contributed by atoms with Crippen LogP contribution >= 0.6 is 0 Å². The van der Waals surface area contributed by atoms with E-state index < -0.39 is 35.5 Å². The molecule has 8 nitrogen and oxygen atoms in total. The maximum atomic E-state index is 14.2. The summed E-state index contributed by atoms with van der Waals surface area (Å²) >= 11 is 0. The number of amides is 2. The molecule has 218 valence electrons. The average molecular weight is 576 g/mol. The summed E-state index contributed by atoms with van der Waals surface area (Å²) in [7, 11) is 0. The lowest BCUT2D eigenvalue weighted by Gasteiger charge is -2.23.